The molecule has 2 N–H and O–H groups in total. The molecule has 2 rings (SSSR count). The molecular weight excluding hydrogens is 245 g/mol. The maximum atomic E-state index is 13.5. The summed E-state index contributed by atoms with van der Waals surface area (Å²) in [7, 11) is 3.52. The molecule has 0 amide bonds. The van der Waals surface area contributed by atoms with E-state index in [4.69, 9.17) is 4.74 Å². The average molecular weight is 267 g/mol. The van der Waals surface area contributed by atoms with Crippen LogP contribution in [0.5, 0.6) is 5.75 Å². The number of methoxy groups -OCH3 is 1. The molecular formula is C14H22FN3O. The van der Waals surface area contributed by atoms with E-state index in [9.17, 15) is 4.39 Å². The van der Waals surface area contributed by atoms with Crippen molar-refractivity contribution < 1.29 is 9.13 Å². The number of nitrogens with one attached hydrogen (secondary N) is 2. The molecule has 0 saturated carbocycles. The van der Waals surface area contributed by atoms with E-state index in [-0.39, 0.29) is 11.9 Å². The Labute approximate surface area is 113 Å². The van der Waals surface area contributed by atoms with Gasteiger partial charge < -0.3 is 15.4 Å². The number of rotatable bonds is 5. The van der Waals surface area contributed by atoms with Crippen molar-refractivity contribution >= 4 is 0 Å². The van der Waals surface area contributed by atoms with E-state index in [2.05, 4.69) is 15.5 Å². The first-order valence-electron chi connectivity index (χ1n) is 6.68. The van der Waals surface area contributed by atoms with Crippen molar-refractivity contribution in [1.82, 2.24) is 15.5 Å². The zero-order chi connectivity index (χ0) is 13.7. The van der Waals surface area contributed by atoms with Crippen LogP contribution in [0, 0.1) is 5.82 Å². The maximum absolute atomic E-state index is 13.5. The fourth-order valence-corrected chi connectivity index (χ4v) is 2.47. The van der Waals surface area contributed by atoms with Gasteiger partial charge in [0.25, 0.3) is 0 Å². The smallest absolute Gasteiger partial charge is 0.123 e. The van der Waals surface area contributed by atoms with Crippen LogP contribution in [-0.4, -0.2) is 51.8 Å². The number of halogens is 1. The van der Waals surface area contributed by atoms with Crippen LogP contribution in [0.2, 0.25) is 0 Å². The standard InChI is InChI=1S/C14H22FN3O/c1-16-13(10-18-7-5-17-6-8-18)12-9-11(15)3-4-14(12)19-2/h3-4,9,13,16-17H,5-8,10H2,1-2H3. The van der Waals surface area contributed by atoms with Gasteiger partial charge in [-0.2, -0.15) is 0 Å². The summed E-state index contributed by atoms with van der Waals surface area (Å²) in [5, 5.41) is 6.59. The van der Waals surface area contributed by atoms with E-state index in [0.29, 0.717) is 0 Å². The molecule has 0 bridgehead atoms. The zero-order valence-corrected chi connectivity index (χ0v) is 11.6. The minimum atomic E-state index is -0.226. The summed E-state index contributed by atoms with van der Waals surface area (Å²) >= 11 is 0. The second kappa shape index (κ2) is 6.84. The largest absolute Gasteiger partial charge is 0.496 e. The molecule has 19 heavy (non-hydrogen) atoms. The van der Waals surface area contributed by atoms with E-state index >= 15 is 0 Å². The summed E-state index contributed by atoms with van der Waals surface area (Å²) in [5.74, 6) is 0.507. The minimum absolute atomic E-state index is 0.0729. The van der Waals surface area contributed by atoms with Crippen molar-refractivity contribution in [3.05, 3.63) is 29.6 Å². The van der Waals surface area contributed by atoms with Crippen molar-refractivity contribution in [2.45, 2.75) is 6.04 Å². The molecule has 1 fully saturated rings. The summed E-state index contributed by atoms with van der Waals surface area (Å²) in [5.41, 5.74) is 0.878. The fourth-order valence-electron chi connectivity index (χ4n) is 2.47. The summed E-state index contributed by atoms with van der Waals surface area (Å²) < 4.78 is 18.8. The first-order valence-corrected chi connectivity index (χ1v) is 6.68. The van der Waals surface area contributed by atoms with E-state index in [1.165, 1.54) is 6.07 Å². The van der Waals surface area contributed by atoms with Crippen LogP contribution in [0.3, 0.4) is 0 Å². The van der Waals surface area contributed by atoms with Gasteiger partial charge in [-0.1, -0.05) is 0 Å². The average Bonchev–Trinajstić information content (AvgIpc) is 2.46. The first kappa shape index (κ1) is 14.2. The highest BCUT2D eigenvalue weighted by molar-refractivity contribution is 5.36. The fraction of sp³-hybridized carbons (Fsp3) is 0.571. The second-order valence-corrected chi connectivity index (χ2v) is 4.78. The summed E-state index contributed by atoms with van der Waals surface area (Å²) in [6.45, 7) is 4.93. The Hall–Kier alpha value is -1.17. The molecule has 1 saturated heterocycles. The molecule has 0 radical (unpaired) electrons. The lowest BCUT2D eigenvalue weighted by Gasteiger charge is -2.31. The topological polar surface area (TPSA) is 36.5 Å². The van der Waals surface area contributed by atoms with E-state index in [1.54, 1.807) is 19.2 Å². The highest BCUT2D eigenvalue weighted by Gasteiger charge is 2.19. The van der Waals surface area contributed by atoms with Gasteiger partial charge in [0.1, 0.15) is 11.6 Å². The molecule has 1 unspecified atom stereocenters. The highest BCUT2D eigenvalue weighted by Crippen LogP contribution is 2.26. The highest BCUT2D eigenvalue weighted by atomic mass is 19.1. The molecule has 1 heterocycles. The van der Waals surface area contributed by atoms with Crippen LogP contribution in [0.15, 0.2) is 18.2 Å². The van der Waals surface area contributed by atoms with Crippen LogP contribution in [-0.2, 0) is 0 Å². The normalized spacial score (nSPS) is 18.3. The van der Waals surface area contributed by atoms with Gasteiger partial charge in [0, 0.05) is 44.3 Å². The summed E-state index contributed by atoms with van der Waals surface area (Å²) in [6.07, 6.45) is 0. The molecule has 5 heteroatoms. The van der Waals surface area contributed by atoms with Gasteiger partial charge in [0.15, 0.2) is 0 Å². The Morgan fingerprint density at radius 3 is 2.79 bits per heavy atom. The van der Waals surface area contributed by atoms with Crippen LogP contribution in [0.4, 0.5) is 4.39 Å². The number of hydrogen-bond acceptors (Lipinski definition) is 4. The number of likely N-dealkylation sites (N-methyl/N-ethyl adjacent to an activating group) is 1. The number of ether oxygens (including phenoxy) is 1. The van der Waals surface area contributed by atoms with Gasteiger partial charge >= 0.3 is 0 Å². The molecule has 106 valence electrons. The molecule has 1 atom stereocenters. The number of benzene rings is 1. The Balaban J connectivity index is 2.13. The number of nitrogens with zero attached hydrogens (tertiary/aromatic N) is 1. The van der Waals surface area contributed by atoms with Crippen LogP contribution in [0.25, 0.3) is 0 Å². The maximum Gasteiger partial charge on any atom is 0.123 e. The van der Waals surface area contributed by atoms with Crippen LogP contribution in [0.1, 0.15) is 11.6 Å². The molecule has 1 aromatic rings. The summed E-state index contributed by atoms with van der Waals surface area (Å²) in [6, 6.07) is 4.75. The monoisotopic (exact) mass is 267 g/mol. The lowest BCUT2D eigenvalue weighted by molar-refractivity contribution is 0.217. The van der Waals surface area contributed by atoms with Gasteiger partial charge in [0.2, 0.25) is 0 Å². The van der Waals surface area contributed by atoms with Crippen LogP contribution < -0.4 is 15.4 Å². The number of piperazine rings is 1. The van der Waals surface area contributed by atoms with Gasteiger partial charge in [-0.15, -0.1) is 0 Å². The first-order chi connectivity index (χ1) is 9.24. The Morgan fingerprint density at radius 2 is 2.16 bits per heavy atom. The van der Waals surface area contributed by atoms with Gasteiger partial charge in [-0.25, -0.2) is 4.39 Å². The van der Waals surface area contributed by atoms with Crippen molar-refractivity contribution in [2.24, 2.45) is 0 Å². The third-order valence-electron chi connectivity index (χ3n) is 3.57. The van der Waals surface area contributed by atoms with Gasteiger partial charge in [0.05, 0.1) is 7.11 Å². The van der Waals surface area contributed by atoms with Crippen molar-refractivity contribution in [1.29, 1.82) is 0 Å². The van der Waals surface area contributed by atoms with Gasteiger partial charge in [-0.05, 0) is 25.2 Å². The summed E-state index contributed by atoms with van der Waals surface area (Å²) in [4.78, 5) is 2.38. The Kier molecular flexibility index (Phi) is 5.13. The molecule has 4 nitrogen and oxygen atoms in total. The van der Waals surface area contributed by atoms with E-state index < -0.39 is 0 Å². The van der Waals surface area contributed by atoms with E-state index in [1.807, 2.05) is 7.05 Å². The van der Waals surface area contributed by atoms with Gasteiger partial charge in [-0.3, -0.25) is 4.90 Å². The lowest BCUT2D eigenvalue weighted by Crippen LogP contribution is -2.46. The van der Waals surface area contributed by atoms with Crippen LogP contribution >= 0.6 is 0 Å². The third-order valence-corrected chi connectivity index (χ3v) is 3.57. The van der Waals surface area contributed by atoms with Crippen molar-refractivity contribution in [2.75, 3.05) is 46.9 Å². The predicted octanol–water partition coefficient (Wildman–Crippen LogP) is 1.000. The SMILES string of the molecule is CNC(CN1CCNCC1)c1cc(F)ccc1OC. The molecule has 0 spiro atoms. The Morgan fingerprint density at radius 1 is 1.42 bits per heavy atom. The quantitative estimate of drug-likeness (QED) is 0.834. The zero-order valence-electron chi connectivity index (χ0n) is 11.6. The second-order valence-electron chi connectivity index (χ2n) is 4.78. The van der Waals surface area contributed by atoms with Crippen molar-refractivity contribution in [3.8, 4) is 5.75 Å². The predicted molar refractivity (Wildman–Crippen MR) is 74.1 cm³/mol. The number of hydrogen-bond donors (Lipinski definition) is 2. The van der Waals surface area contributed by atoms with Crippen molar-refractivity contribution in [3.63, 3.8) is 0 Å². The Bertz CT molecular complexity index is 408. The molecule has 0 aromatic heterocycles. The third kappa shape index (κ3) is 3.65. The molecule has 1 aromatic carbocycles. The minimum Gasteiger partial charge on any atom is -0.496 e. The molecule has 1 aliphatic heterocycles. The molecule has 1 aliphatic rings. The molecule has 0 aliphatic carbocycles. The lowest BCUT2D eigenvalue weighted by atomic mass is 10.0. The van der Waals surface area contributed by atoms with E-state index in [0.717, 1.165) is 44.0 Å².